The van der Waals surface area contributed by atoms with Gasteiger partial charge in [-0.3, -0.25) is 4.79 Å². The molecule has 4 nitrogen and oxygen atoms in total. The first-order valence-corrected chi connectivity index (χ1v) is 5.57. The van der Waals surface area contributed by atoms with Crippen molar-refractivity contribution in [2.24, 2.45) is 0 Å². The van der Waals surface area contributed by atoms with Gasteiger partial charge in [0.25, 0.3) is 0 Å². The second kappa shape index (κ2) is 3.45. The lowest BCUT2D eigenvalue weighted by Gasteiger charge is -2.20. The lowest BCUT2D eigenvalue weighted by atomic mass is 10.00. The number of pyridine rings is 1. The maximum atomic E-state index is 12.0. The molecule has 0 spiro atoms. The summed E-state index contributed by atoms with van der Waals surface area (Å²) in [5.74, 6) is -1.16. The molecule has 2 aromatic rings. The predicted octanol–water partition coefficient (Wildman–Crippen LogP) is 1.65. The Hall–Kier alpha value is -2.10. The van der Waals surface area contributed by atoms with Gasteiger partial charge in [-0.15, -0.1) is 0 Å². The van der Waals surface area contributed by atoms with Gasteiger partial charge in [0.15, 0.2) is 0 Å². The largest absolute Gasteiger partial charge is 0.477 e. The Morgan fingerprint density at radius 1 is 1.35 bits per heavy atom. The van der Waals surface area contributed by atoms with Gasteiger partial charge in [-0.25, -0.2) is 4.79 Å². The summed E-state index contributed by atoms with van der Waals surface area (Å²) in [4.78, 5) is 23.0. The van der Waals surface area contributed by atoms with E-state index in [2.05, 4.69) is 0 Å². The molecule has 1 N–H and O–H groups in total. The van der Waals surface area contributed by atoms with Crippen LogP contribution in [-0.4, -0.2) is 15.6 Å². The molecule has 0 unspecified atom stereocenters. The number of carboxylic acids is 1. The molecule has 4 heteroatoms. The topological polar surface area (TPSA) is 59.3 Å². The van der Waals surface area contributed by atoms with Gasteiger partial charge < -0.3 is 9.67 Å². The van der Waals surface area contributed by atoms with Gasteiger partial charge in [0.1, 0.15) is 5.56 Å². The number of para-hydroxylation sites is 1. The fourth-order valence-electron chi connectivity index (χ4n) is 2.51. The molecule has 86 valence electrons. The van der Waals surface area contributed by atoms with Gasteiger partial charge in [-0.2, -0.15) is 0 Å². The summed E-state index contributed by atoms with van der Waals surface area (Å²) in [5, 5.41) is 9.53. The third-order valence-corrected chi connectivity index (χ3v) is 3.26. The molecule has 1 aromatic heterocycles. The molecule has 1 aliphatic heterocycles. The first-order chi connectivity index (χ1) is 8.18. The zero-order valence-electron chi connectivity index (χ0n) is 9.14. The van der Waals surface area contributed by atoms with Crippen LogP contribution in [-0.2, 0) is 13.0 Å². The van der Waals surface area contributed by atoms with Crippen LogP contribution < -0.4 is 5.43 Å². The van der Waals surface area contributed by atoms with E-state index >= 15 is 0 Å². The van der Waals surface area contributed by atoms with Crippen molar-refractivity contribution in [3.8, 4) is 0 Å². The summed E-state index contributed by atoms with van der Waals surface area (Å²) in [6.45, 7) is 0.772. The van der Waals surface area contributed by atoms with Gasteiger partial charge in [0.2, 0.25) is 5.43 Å². The molecule has 0 radical (unpaired) electrons. The molecule has 0 aliphatic carbocycles. The second-order valence-corrected chi connectivity index (χ2v) is 4.29. The molecule has 1 aliphatic rings. The minimum atomic E-state index is -1.16. The van der Waals surface area contributed by atoms with E-state index in [4.69, 9.17) is 5.11 Å². The van der Waals surface area contributed by atoms with E-state index < -0.39 is 5.97 Å². The van der Waals surface area contributed by atoms with Crippen molar-refractivity contribution < 1.29 is 9.90 Å². The van der Waals surface area contributed by atoms with Gasteiger partial charge in [-0.05, 0) is 24.5 Å². The van der Waals surface area contributed by atoms with E-state index in [0.29, 0.717) is 5.39 Å². The third-order valence-electron chi connectivity index (χ3n) is 3.26. The molecule has 0 saturated heterocycles. The Labute approximate surface area is 97.1 Å². The zero-order chi connectivity index (χ0) is 12.0. The Bertz CT molecular complexity index is 685. The van der Waals surface area contributed by atoms with Gasteiger partial charge in [0.05, 0.1) is 5.52 Å². The normalized spacial score (nSPS) is 13.9. The quantitative estimate of drug-likeness (QED) is 0.808. The van der Waals surface area contributed by atoms with Crippen LogP contribution in [0.4, 0.5) is 0 Å². The number of hydrogen-bond donors (Lipinski definition) is 1. The van der Waals surface area contributed by atoms with Gasteiger partial charge in [-0.1, -0.05) is 12.1 Å². The summed E-state index contributed by atoms with van der Waals surface area (Å²) < 4.78 is 1.89. The molecule has 2 heterocycles. The number of hydrogen-bond acceptors (Lipinski definition) is 2. The SMILES string of the molecule is O=C(O)c1cn2c3c(cccc3c1=O)CCC2. The average molecular weight is 229 g/mol. The van der Waals surface area contributed by atoms with Crippen molar-refractivity contribution in [2.75, 3.05) is 0 Å². The Kier molecular flexibility index (Phi) is 2.04. The van der Waals surface area contributed by atoms with Crippen LogP contribution in [0.15, 0.2) is 29.2 Å². The van der Waals surface area contributed by atoms with Crippen LogP contribution in [0.25, 0.3) is 10.9 Å². The fourth-order valence-corrected chi connectivity index (χ4v) is 2.51. The minimum absolute atomic E-state index is 0.142. The van der Waals surface area contributed by atoms with Crippen molar-refractivity contribution in [3.05, 3.63) is 45.7 Å². The first-order valence-electron chi connectivity index (χ1n) is 5.57. The molecule has 0 amide bonds. The van der Waals surface area contributed by atoms with Crippen LogP contribution in [0.5, 0.6) is 0 Å². The first kappa shape index (κ1) is 10.1. The number of carboxylic acid groups (broad SMARTS) is 1. The molecule has 0 bridgehead atoms. The van der Waals surface area contributed by atoms with Crippen molar-refractivity contribution in [1.29, 1.82) is 0 Å². The van der Waals surface area contributed by atoms with E-state index in [1.807, 2.05) is 16.7 Å². The molecular formula is C13H11NO3. The van der Waals surface area contributed by atoms with E-state index in [1.54, 1.807) is 6.07 Å². The Morgan fingerprint density at radius 3 is 2.94 bits per heavy atom. The van der Waals surface area contributed by atoms with Crippen LogP contribution in [0.2, 0.25) is 0 Å². The molecule has 0 atom stereocenters. The smallest absolute Gasteiger partial charge is 0.341 e. The summed E-state index contributed by atoms with van der Waals surface area (Å²) in [7, 11) is 0. The van der Waals surface area contributed by atoms with Crippen LogP contribution in [0, 0.1) is 0 Å². The highest BCUT2D eigenvalue weighted by atomic mass is 16.4. The van der Waals surface area contributed by atoms with Crippen LogP contribution in [0.1, 0.15) is 22.3 Å². The molecule has 1 aromatic carbocycles. The van der Waals surface area contributed by atoms with Crippen molar-refractivity contribution in [3.63, 3.8) is 0 Å². The van der Waals surface area contributed by atoms with Crippen molar-refractivity contribution in [2.45, 2.75) is 19.4 Å². The fraction of sp³-hybridized carbons (Fsp3) is 0.231. The number of aromatic nitrogens is 1. The lowest BCUT2D eigenvalue weighted by Crippen LogP contribution is -2.21. The van der Waals surface area contributed by atoms with E-state index in [1.165, 1.54) is 6.20 Å². The lowest BCUT2D eigenvalue weighted by molar-refractivity contribution is 0.0695. The van der Waals surface area contributed by atoms with E-state index in [0.717, 1.165) is 30.5 Å². The highest BCUT2D eigenvalue weighted by Gasteiger charge is 2.18. The molecule has 3 rings (SSSR count). The zero-order valence-corrected chi connectivity index (χ0v) is 9.14. The van der Waals surface area contributed by atoms with Gasteiger partial charge >= 0.3 is 5.97 Å². The monoisotopic (exact) mass is 229 g/mol. The molecule has 17 heavy (non-hydrogen) atoms. The Morgan fingerprint density at radius 2 is 2.18 bits per heavy atom. The average Bonchev–Trinajstić information content (AvgIpc) is 2.33. The number of aromatic carboxylic acids is 1. The summed E-state index contributed by atoms with van der Waals surface area (Å²) in [6, 6.07) is 5.52. The summed E-state index contributed by atoms with van der Waals surface area (Å²) in [5.41, 5.74) is 1.50. The third kappa shape index (κ3) is 1.37. The maximum absolute atomic E-state index is 12.0. The van der Waals surface area contributed by atoms with Gasteiger partial charge in [0, 0.05) is 18.1 Å². The number of aryl methyl sites for hydroxylation is 2. The summed E-state index contributed by atoms with van der Waals surface area (Å²) >= 11 is 0. The van der Waals surface area contributed by atoms with Crippen molar-refractivity contribution in [1.82, 2.24) is 4.57 Å². The summed E-state index contributed by atoms with van der Waals surface area (Å²) in [6.07, 6.45) is 3.40. The highest BCUT2D eigenvalue weighted by Crippen LogP contribution is 2.23. The molecular weight excluding hydrogens is 218 g/mol. The Balaban J connectivity index is 2.51. The predicted molar refractivity (Wildman–Crippen MR) is 63.5 cm³/mol. The number of rotatable bonds is 1. The standard InChI is InChI=1S/C13H11NO3/c15-12-9-5-1-3-8-4-2-6-14(11(8)9)7-10(12)13(16)17/h1,3,5,7H,2,4,6H2,(H,16,17). The molecule has 0 fully saturated rings. The second-order valence-electron chi connectivity index (χ2n) is 4.29. The van der Waals surface area contributed by atoms with Crippen LogP contribution >= 0.6 is 0 Å². The van der Waals surface area contributed by atoms with E-state index in [-0.39, 0.29) is 11.0 Å². The number of carbonyl (C=O) groups is 1. The number of nitrogens with zero attached hydrogens (tertiary/aromatic N) is 1. The maximum Gasteiger partial charge on any atom is 0.341 e. The molecule has 0 saturated carbocycles. The highest BCUT2D eigenvalue weighted by molar-refractivity contribution is 5.93. The van der Waals surface area contributed by atoms with Crippen molar-refractivity contribution >= 4 is 16.9 Å². The number of benzene rings is 1. The minimum Gasteiger partial charge on any atom is -0.477 e. The van der Waals surface area contributed by atoms with E-state index in [9.17, 15) is 9.59 Å². The van der Waals surface area contributed by atoms with Crippen LogP contribution in [0.3, 0.4) is 0 Å².